The molecule has 0 saturated heterocycles. The maximum atomic E-state index is 4.24. The van der Waals surface area contributed by atoms with Gasteiger partial charge in [-0.05, 0) is 36.1 Å². The summed E-state index contributed by atoms with van der Waals surface area (Å²) in [6.07, 6.45) is 4.61. The molecule has 0 spiro atoms. The third kappa shape index (κ3) is 4.91. The molecule has 0 saturated carbocycles. The van der Waals surface area contributed by atoms with Crippen molar-refractivity contribution in [2.45, 2.75) is 19.9 Å². The molecule has 21 heavy (non-hydrogen) atoms. The van der Waals surface area contributed by atoms with E-state index in [9.17, 15) is 0 Å². The van der Waals surface area contributed by atoms with Crippen LogP contribution in [0.15, 0.2) is 53.8 Å². The Labute approximate surface area is 126 Å². The Balaban J connectivity index is 1.78. The van der Waals surface area contributed by atoms with Gasteiger partial charge in [-0.2, -0.15) is 0 Å². The van der Waals surface area contributed by atoms with Crippen molar-refractivity contribution >= 4 is 5.96 Å². The molecule has 0 fully saturated rings. The number of nitrogens with zero attached hydrogens (tertiary/aromatic N) is 2. The lowest BCUT2D eigenvalue weighted by atomic mass is 10.1. The van der Waals surface area contributed by atoms with E-state index in [1.165, 1.54) is 16.7 Å². The van der Waals surface area contributed by atoms with Crippen LogP contribution in [-0.4, -0.2) is 24.5 Å². The molecule has 0 aliphatic rings. The maximum Gasteiger partial charge on any atom is 0.191 e. The van der Waals surface area contributed by atoms with Crippen LogP contribution in [0.25, 0.3) is 0 Å². The number of hydrogen-bond acceptors (Lipinski definition) is 2. The first-order valence-electron chi connectivity index (χ1n) is 7.17. The van der Waals surface area contributed by atoms with Crippen molar-refractivity contribution in [2.75, 3.05) is 13.6 Å². The Bertz CT molecular complexity index is 578. The van der Waals surface area contributed by atoms with Crippen molar-refractivity contribution in [1.82, 2.24) is 15.6 Å². The van der Waals surface area contributed by atoms with Crippen molar-refractivity contribution in [2.24, 2.45) is 4.99 Å². The zero-order chi connectivity index (χ0) is 14.9. The Morgan fingerprint density at radius 1 is 1.14 bits per heavy atom. The first-order chi connectivity index (χ1) is 10.3. The summed E-state index contributed by atoms with van der Waals surface area (Å²) in [7, 11) is 1.79. The molecule has 0 bridgehead atoms. The van der Waals surface area contributed by atoms with Crippen molar-refractivity contribution in [3.63, 3.8) is 0 Å². The third-order valence-corrected chi connectivity index (χ3v) is 3.36. The molecule has 0 radical (unpaired) electrons. The lowest BCUT2D eigenvalue weighted by Gasteiger charge is -2.13. The highest BCUT2D eigenvalue weighted by molar-refractivity contribution is 5.79. The monoisotopic (exact) mass is 282 g/mol. The van der Waals surface area contributed by atoms with E-state index in [0.29, 0.717) is 0 Å². The molecule has 4 heteroatoms. The summed E-state index contributed by atoms with van der Waals surface area (Å²) in [4.78, 5) is 8.36. The van der Waals surface area contributed by atoms with Gasteiger partial charge in [0, 0.05) is 32.5 Å². The number of benzene rings is 1. The van der Waals surface area contributed by atoms with Crippen LogP contribution < -0.4 is 10.6 Å². The minimum atomic E-state index is 0.777. The molecule has 0 aliphatic heterocycles. The second-order valence-electron chi connectivity index (χ2n) is 4.89. The molecule has 2 N–H and O–H groups in total. The average Bonchev–Trinajstić information content (AvgIpc) is 2.53. The standard InChI is InChI=1S/C17H22N4/c1-14-6-3-4-8-16(14)13-21-17(18-2)20-11-9-15-7-5-10-19-12-15/h3-8,10,12H,9,11,13H2,1-2H3,(H2,18,20,21). The van der Waals surface area contributed by atoms with E-state index in [4.69, 9.17) is 0 Å². The van der Waals surface area contributed by atoms with E-state index in [2.05, 4.69) is 57.9 Å². The van der Waals surface area contributed by atoms with Crippen LogP contribution in [0.5, 0.6) is 0 Å². The van der Waals surface area contributed by atoms with Gasteiger partial charge >= 0.3 is 0 Å². The topological polar surface area (TPSA) is 49.3 Å². The highest BCUT2D eigenvalue weighted by Gasteiger charge is 2.00. The molecule has 2 aromatic rings. The lowest BCUT2D eigenvalue weighted by Crippen LogP contribution is -2.38. The van der Waals surface area contributed by atoms with Gasteiger partial charge in [0.25, 0.3) is 0 Å². The SMILES string of the molecule is CN=C(NCCc1cccnc1)NCc1ccccc1C. The summed E-state index contributed by atoms with van der Waals surface area (Å²) in [6.45, 7) is 3.73. The van der Waals surface area contributed by atoms with Gasteiger partial charge in [-0.1, -0.05) is 30.3 Å². The zero-order valence-electron chi connectivity index (χ0n) is 12.6. The lowest BCUT2D eigenvalue weighted by molar-refractivity contribution is 0.791. The largest absolute Gasteiger partial charge is 0.356 e. The molecule has 1 heterocycles. The van der Waals surface area contributed by atoms with Gasteiger partial charge in [0.1, 0.15) is 0 Å². The van der Waals surface area contributed by atoms with Crippen molar-refractivity contribution in [3.05, 3.63) is 65.5 Å². The highest BCUT2D eigenvalue weighted by Crippen LogP contribution is 2.05. The van der Waals surface area contributed by atoms with Crippen molar-refractivity contribution in [3.8, 4) is 0 Å². The Morgan fingerprint density at radius 2 is 2.00 bits per heavy atom. The molecule has 0 amide bonds. The molecule has 1 aromatic carbocycles. The van der Waals surface area contributed by atoms with Crippen molar-refractivity contribution < 1.29 is 0 Å². The maximum absolute atomic E-state index is 4.24. The molecule has 4 nitrogen and oxygen atoms in total. The van der Waals surface area contributed by atoms with Gasteiger partial charge in [-0.3, -0.25) is 9.98 Å². The van der Waals surface area contributed by atoms with E-state index < -0.39 is 0 Å². The first kappa shape index (κ1) is 15.0. The van der Waals surface area contributed by atoms with Gasteiger partial charge in [0.2, 0.25) is 0 Å². The molecule has 0 aliphatic carbocycles. The fourth-order valence-electron chi connectivity index (χ4n) is 2.08. The van der Waals surface area contributed by atoms with E-state index in [0.717, 1.165) is 25.5 Å². The number of aryl methyl sites for hydroxylation is 1. The fourth-order valence-corrected chi connectivity index (χ4v) is 2.08. The number of pyridine rings is 1. The highest BCUT2D eigenvalue weighted by atomic mass is 15.2. The number of aromatic nitrogens is 1. The predicted octanol–water partition coefficient (Wildman–Crippen LogP) is 2.30. The van der Waals surface area contributed by atoms with E-state index in [-0.39, 0.29) is 0 Å². The molecule has 1 aromatic heterocycles. The molecular formula is C17H22N4. The Kier molecular flexibility index (Phi) is 5.76. The van der Waals surface area contributed by atoms with E-state index in [1.54, 1.807) is 13.2 Å². The molecular weight excluding hydrogens is 260 g/mol. The molecule has 0 atom stereocenters. The number of guanidine groups is 1. The van der Waals surface area contributed by atoms with Crippen LogP contribution in [-0.2, 0) is 13.0 Å². The summed E-state index contributed by atoms with van der Waals surface area (Å²) in [5.41, 5.74) is 3.79. The van der Waals surface area contributed by atoms with E-state index in [1.807, 2.05) is 12.3 Å². The average molecular weight is 282 g/mol. The normalized spacial score (nSPS) is 11.2. The minimum absolute atomic E-state index is 0.777. The van der Waals surface area contributed by atoms with Crippen LogP contribution in [0.3, 0.4) is 0 Å². The third-order valence-electron chi connectivity index (χ3n) is 3.36. The van der Waals surface area contributed by atoms with Crippen LogP contribution in [0, 0.1) is 6.92 Å². The zero-order valence-corrected chi connectivity index (χ0v) is 12.6. The summed E-state index contributed by atoms with van der Waals surface area (Å²) in [5.74, 6) is 0.821. The summed E-state index contributed by atoms with van der Waals surface area (Å²) >= 11 is 0. The van der Waals surface area contributed by atoms with Gasteiger partial charge < -0.3 is 10.6 Å². The number of nitrogens with one attached hydrogen (secondary N) is 2. The predicted molar refractivity (Wildman–Crippen MR) is 87.3 cm³/mol. The molecule has 0 unspecified atom stereocenters. The van der Waals surface area contributed by atoms with Gasteiger partial charge in [-0.25, -0.2) is 0 Å². The smallest absolute Gasteiger partial charge is 0.191 e. The molecule has 110 valence electrons. The fraction of sp³-hybridized carbons (Fsp3) is 0.294. The number of aliphatic imine (C=N–C) groups is 1. The summed E-state index contributed by atoms with van der Waals surface area (Å²) in [5, 5.41) is 6.65. The van der Waals surface area contributed by atoms with Crippen LogP contribution in [0.4, 0.5) is 0 Å². The number of hydrogen-bond donors (Lipinski definition) is 2. The first-order valence-corrected chi connectivity index (χ1v) is 7.17. The second-order valence-corrected chi connectivity index (χ2v) is 4.89. The van der Waals surface area contributed by atoms with Crippen LogP contribution >= 0.6 is 0 Å². The van der Waals surface area contributed by atoms with Crippen molar-refractivity contribution in [1.29, 1.82) is 0 Å². The Morgan fingerprint density at radius 3 is 2.71 bits per heavy atom. The molecule has 2 rings (SSSR count). The second kappa shape index (κ2) is 8.04. The van der Waals surface area contributed by atoms with Gasteiger partial charge in [0.15, 0.2) is 5.96 Å². The number of rotatable bonds is 5. The van der Waals surface area contributed by atoms with E-state index >= 15 is 0 Å². The summed E-state index contributed by atoms with van der Waals surface area (Å²) in [6, 6.07) is 12.4. The van der Waals surface area contributed by atoms with Crippen LogP contribution in [0.1, 0.15) is 16.7 Å². The summed E-state index contributed by atoms with van der Waals surface area (Å²) < 4.78 is 0. The van der Waals surface area contributed by atoms with Gasteiger partial charge in [-0.15, -0.1) is 0 Å². The van der Waals surface area contributed by atoms with Gasteiger partial charge in [0.05, 0.1) is 0 Å². The quantitative estimate of drug-likeness (QED) is 0.653. The van der Waals surface area contributed by atoms with Crippen LogP contribution in [0.2, 0.25) is 0 Å². The minimum Gasteiger partial charge on any atom is -0.356 e. The Hall–Kier alpha value is -2.36.